The Labute approximate surface area is 140 Å². The molecule has 128 valence electrons. The second-order valence-corrected chi connectivity index (χ2v) is 5.23. The van der Waals surface area contributed by atoms with Crippen molar-refractivity contribution in [2.24, 2.45) is 0 Å². The topological polar surface area (TPSA) is 49.8 Å². The van der Waals surface area contributed by atoms with Crippen LogP contribution in [-0.4, -0.2) is 9.97 Å². The third kappa shape index (κ3) is 4.03. The summed E-state index contributed by atoms with van der Waals surface area (Å²) in [6.45, 7) is 1.70. The summed E-state index contributed by atoms with van der Waals surface area (Å²) in [4.78, 5) is 8.30. The van der Waals surface area contributed by atoms with Crippen molar-refractivity contribution in [2.75, 3.05) is 10.6 Å². The highest BCUT2D eigenvalue weighted by atomic mass is 19.2. The first-order chi connectivity index (χ1) is 11.9. The second-order valence-electron chi connectivity index (χ2n) is 5.23. The minimum atomic E-state index is -1.00. The van der Waals surface area contributed by atoms with E-state index in [1.165, 1.54) is 12.1 Å². The van der Waals surface area contributed by atoms with E-state index in [1.807, 2.05) is 0 Å². The SMILES string of the molecule is Cc1cc(Nc2ccc(F)c(F)c2)nc(Nc2ccc(F)c(F)c2)n1. The maximum atomic E-state index is 13.3. The number of aryl methyl sites for hydroxylation is 1. The summed E-state index contributed by atoms with van der Waals surface area (Å²) in [5.41, 5.74) is 1.14. The number of nitrogens with one attached hydrogen (secondary N) is 2. The predicted octanol–water partition coefficient (Wildman–Crippen LogP) is 4.83. The fourth-order valence-corrected chi connectivity index (χ4v) is 2.11. The lowest BCUT2D eigenvalue weighted by Gasteiger charge is -2.10. The van der Waals surface area contributed by atoms with E-state index in [9.17, 15) is 17.6 Å². The van der Waals surface area contributed by atoms with Crippen molar-refractivity contribution in [2.45, 2.75) is 6.92 Å². The standard InChI is InChI=1S/C17H12F4N4/c1-9-6-16(23-10-2-4-12(18)14(20)7-10)25-17(22-9)24-11-3-5-13(19)15(21)8-11/h2-8H,1H3,(H2,22,23,24,25). The van der Waals surface area contributed by atoms with Crippen molar-refractivity contribution in [3.05, 3.63) is 71.4 Å². The van der Waals surface area contributed by atoms with Crippen LogP contribution in [0.3, 0.4) is 0 Å². The Morgan fingerprint density at radius 1 is 0.680 bits per heavy atom. The Morgan fingerprint density at radius 3 is 1.80 bits per heavy atom. The van der Waals surface area contributed by atoms with Gasteiger partial charge in [-0.2, -0.15) is 4.98 Å². The zero-order chi connectivity index (χ0) is 18.0. The van der Waals surface area contributed by atoms with Gasteiger partial charge in [0.05, 0.1) is 0 Å². The Hall–Kier alpha value is -3.16. The van der Waals surface area contributed by atoms with Gasteiger partial charge in [0.1, 0.15) is 5.82 Å². The lowest BCUT2D eigenvalue weighted by molar-refractivity contribution is 0.509. The minimum absolute atomic E-state index is 0.135. The number of nitrogens with zero attached hydrogens (tertiary/aromatic N) is 2. The predicted molar refractivity (Wildman–Crippen MR) is 86.1 cm³/mol. The molecule has 2 N–H and O–H groups in total. The molecular formula is C17H12F4N4. The average Bonchev–Trinajstić information content (AvgIpc) is 2.54. The lowest BCUT2D eigenvalue weighted by atomic mass is 10.3. The molecule has 0 fully saturated rings. The smallest absolute Gasteiger partial charge is 0.229 e. The van der Waals surface area contributed by atoms with Gasteiger partial charge in [-0.1, -0.05) is 0 Å². The molecule has 0 amide bonds. The van der Waals surface area contributed by atoms with Crippen molar-refractivity contribution >= 4 is 23.1 Å². The van der Waals surface area contributed by atoms with Crippen LogP contribution in [0.1, 0.15) is 5.69 Å². The summed E-state index contributed by atoms with van der Waals surface area (Å²) < 4.78 is 52.5. The Bertz CT molecular complexity index is 859. The van der Waals surface area contributed by atoms with Gasteiger partial charge in [-0.25, -0.2) is 22.5 Å². The van der Waals surface area contributed by atoms with Gasteiger partial charge in [0.15, 0.2) is 23.3 Å². The van der Waals surface area contributed by atoms with Crippen LogP contribution in [0.5, 0.6) is 0 Å². The van der Waals surface area contributed by atoms with Crippen LogP contribution in [0.25, 0.3) is 0 Å². The van der Waals surface area contributed by atoms with Crippen LogP contribution >= 0.6 is 0 Å². The molecule has 0 aliphatic carbocycles. The number of aromatic nitrogens is 2. The van der Waals surface area contributed by atoms with Gasteiger partial charge in [-0.15, -0.1) is 0 Å². The third-order valence-corrected chi connectivity index (χ3v) is 3.22. The van der Waals surface area contributed by atoms with Gasteiger partial charge in [-0.3, -0.25) is 0 Å². The summed E-state index contributed by atoms with van der Waals surface area (Å²) in [5.74, 6) is -3.45. The molecule has 25 heavy (non-hydrogen) atoms. The van der Waals surface area contributed by atoms with E-state index in [4.69, 9.17) is 0 Å². The normalized spacial score (nSPS) is 10.6. The van der Waals surface area contributed by atoms with Crippen molar-refractivity contribution in [1.29, 1.82) is 0 Å². The quantitative estimate of drug-likeness (QED) is 0.663. The molecule has 0 aliphatic rings. The molecule has 0 aliphatic heterocycles. The summed E-state index contributed by atoms with van der Waals surface area (Å²) >= 11 is 0. The molecule has 0 saturated carbocycles. The van der Waals surface area contributed by atoms with Crippen LogP contribution in [0, 0.1) is 30.2 Å². The van der Waals surface area contributed by atoms with Crippen molar-refractivity contribution in [1.82, 2.24) is 9.97 Å². The van der Waals surface area contributed by atoms with Crippen LogP contribution in [0.15, 0.2) is 42.5 Å². The van der Waals surface area contributed by atoms with Crippen LogP contribution in [0.2, 0.25) is 0 Å². The van der Waals surface area contributed by atoms with Gasteiger partial charge in [0, 0.05) is 35.3 Å². The van der Waals surface area contributed by atoms with Gasteiger partial charge in [-0.05, 0) is 31.2 Å². The first-order valence-corrected chi connectivity index (χ1v) is 7.20. The first-order valence-electron chi connectivity index (χ1n) is 7.20. The van der Waals surface area contributed by atoms with Crippen molar-refractivity contribution < 1.29 is 17.6 Å². The molecular weight excluding hydrogens is 336 g/mol. The Morgan fingerprint density at radius 2 is 1.24 bits per heavy atom. The second kappa shape index (κ2) is 6.76. The summed E-state index contributed by atoms with van der Waals surface area (Å²) in [6.07, 6.45) is 0. The average molecular weight is 348 g/mol. The van der Waals surface area contributed by atoms with Crippen molar-refractivity contribution in [3.8, 4) is 0 Å². The molecule has 2 aromatic carbocycles. The Balaban J connectivity index is 1.84. The van der Waals surface area contributed by atoms with E-state index < -0.39 is 23.3 Å². The molecule has 0 unspecified atom stereocenters. The fraction of sp³-hybridized carbons (Fsp3) is 0.0588. The van der Waals surface area contributed by atoms with E-state index in [0.29, 0.717) is 17.2 Å². The maximum Gasteiger partial charge on any atom is 0.229 e. The lowest BCUT2D eigenvalue weighted by Crippen LogP contribution is -2.03. The summed E-state index contributed by atoms with van der Waals surface area (Å²) in [5, 5.41) is 5.58. The fourth-order valence-electron chi connectivity index (χ4n) is 2.11. The number of hydrogen-bond acceptors (Lipinski definition) is 4. The molecule has 4 nitrogen and oxygen atoms in total. The number of rotatable bonds is 4. The minimum Gasteiger partial charge on any atom is -0.340 e. The van der Waals surface area contributed by atoms with E-state index in [2.05, 4.69) is 20.6 Å². The summed E-state index contributed by atoms with van der Waals surface area (Å²) in [6, 6.07) is 8.24. The number of hydrogen-bond donors (Lipinski definition) is 2. The third-order valence-electron chi connectivity index (χ3n) is 3.22. The number of halogens is 4. The van der Waals surface area contributed by atoms with Crippen molar-refractivity contribution in [3.63, 3.8) is 0 Å². The zero-order valence-electron chi connectivity index (χ0n) is 12.9. The highest BCUT2D eigenvalue weighted by molar-refractivity contribution is 5.60. The summed E-state index contributed by atoms with van der Waals surface area (Å²) in [7, 11) is 0. The molecule has 3 aromatic rings. The van der Waals surface area contributed by atoms with E-state index >= 15 is 0 Å². The number of anilines is 4. The molecule has 0 saturated heterocycles. The van der Waals surface area contributed by atoms with E-state index in [1.54, 1.807) is 13.0 Å². The Kier molecular flexibility index (Phi) is 4.51. The molecule has 0 bridgehead atoms. The van der Waals surface area contributed by atoms with Gasteiger partial charge in [0.25, 0.3) is 0 Å². The molecule has 3 rings (SSSR count). The highest BCUT2D eigenvalue weighted by Gasteiger charge is 2.08. The highest BCUT2D eigenvalue weighted by Crippen LogP contribution is 2.21. The largest absolute Gasteiger partial charge is 0.340 e. The van der Waals surface area contributed by atoms with Crippen LogP contribution < -0.4 is 10.6 Å². The van der Waals surface area contributed by atoms with Gasteiger partial charge >= 0.3 is 0 Å². The van der Waals surface area contributed by atoms with Gasteiger partial charge in [0.2, 0.25) is 5.95 Å². The molecule has 0 atom stereocenters. The number of benzene rings is 2. The molecule has 1 aromatic heterocycles. The maximum absolute atomic E-state index is 13.3. The van der Waals surface area contributed by atoms with Gasteiger partial charge < -0.3 is 10.6 Å². The van der Waals surface area contributed by atoms with Crippen LogP contribution in [-0.2, 0) is 0 Å². The molecule has 0 radical (unpaired) electrons. The monoisotopic (exact) mass is 348 g/mol. The molecule has 0 spiro atoms. The first kappa shape index (κ1) is 16.7. The van der Waals surface area contributed by atoms with E-state index in [-0.39, 0.29) is 11.6 Å². The van der Waals surface area contributed by atoms with Crippen LogP contribution in [0.4, 0.5) is 40.7 Å². The zero-order valence-corrected chi connectivity index (χ0v) is 12.9. The molecule has 8 heteroatoms. The van der Waals surface area contributed by atoms with E-state index in [0.717, 1.165) is 24.3 Å². The molecule has 1 heterocycles.